The maximum Gasteiger partial charge on any atom is 0.504 e. The first kappa shape index (κ1) is 8.62. The van der Waals surface area contributed by atoms with Gasteiger partial charge in [-0.25, -0.2) is 0 Å². The first-order chi connectivity index (χ1) is 5.36. The number of benzene rings is 1. The van der Waals surface area contributed by atoms with Crippen molar-refractivity contribution in [2.24, 2.45) is 0 Å². The molecule has 1 N–H and O–H groups in total. The smallest absolute Gasteiger partial charge is 0.504 e. The lowest BCUT2D eigenvalue weighted by molar-refractivity contribution is 0.453. The van der Waals surface area contributed by atoms with E-state index < -0.39 is 0 Å². The van der Waals surface area contributed by atoms with Crippen molar-refractivity contribution in [3.63, 3.8) is 0 Å². The van der Waals surface area contributed by atoms with Crippen molar-refractivity contribution in [3.8, 4) is 5.75 Å². The highest BCUT2D eigenvalue weighted by atomic mass is 79.9. The lowest BCUT2D eigenvalue weighted by Crippen LogP contribution is -1.99. The van der Waals surface area contributed by atoms with Crippen LogP contribution in [0, 0.1) is 0 Å². The lowest BCUT2D eigenvalue weighted by Gasteiger charge is -2.02. The third kappa shape index (κ3) is 2.56. The Labute approximate surface area is 74.6 Å². The zero-order chi connectivity index (χ0) is 8.10. The van der Waals surface area contributed by atoms with Crippen LogP contribution < -0.4 is 4.65 Å². The molecule has 0 aliphatic rings. The molecule has 0 amide bonds. The van der Waals surface area contributed by atoms with Crippen LogP contribution in [0.1, 0.15) is 5.56 Å². The van der Waals surface area contributed by atoms with Gasteiger partial charge in [-0.15, -0.1) is 0 Å². The average Bonchev–Trinajstić information content (AvgIpc) is 2.06. The van der Waals surface area contributed by atoms with Gasteiger partial charge in [0.2, 0.25) is 0 Å². The molecule has 0 bridgehead atoms. The summed E-state index contributed by atoms with van der Waals surface area (Å²) in [6.45, 7) is 0. The molecule has 0 saturated heterocycles. The van der Waals surface area contributed by atoms with E-state index in [9.17, 15) is 0 Å². The second-order valence-electron chi connectivity index (χ2n) is 2.05. The van der Waals surface area contributed by atoms with Gasteiger partial charge in [-0.05, 0) is 17.7 Å². The monoisotopic (exact) mass is 214 g/mol. The van der Waals surface area contributed by atoms with E-state index in [0.717, 1.165) is 10.9 Å². The van der Waals surface area contributed by atoms with E-state index in [0.29, 0.717) is 5.75 Å². The second-order valence-corrected chi connectivity index (χ2v) is 2.62. The Morgan fingerprint density at radius 3 is 3.00 bits per heavy atom. The highest BCUT2D eigenvalue weighted by Crippen LogP contribution is 2.14. The van der Waals surface area contributed by atoms with Crippen LogP contribution in [-0.2, 0) is 5.33 Å². The van der Waals surface area contributed by atoms with Crippen LogP contribution in [0.4, 0.5) is 0 Å². The van der Waals surface area contributed by atoms with Crippen LogP contribution in [0.25, 0.3) is 0 Å². The van der Waals surface area contributed by atoms with Crippen LogP contribution in [0.2, 0.25) is 0 Å². The number of hydrogen-bond donors (Lipinski definition) is 1. The molecule has 0 aliphatic carbocycles. The Balaban J connectivity index is 2.74. The molecule has 0 spiro atoms. The molecule has 0 unspecified atom stereocenters. The number of alkyl halides is 1. The molecule has 0 aromatic heterocycles. The summed E-state index contributed by atoms with van der Waals surface area (Å²) in [4.78, 5) is 0. The summed E-state index contributed by atoms with van der Waals surface area (Å²) in [5.41, 5.74) is 1.14. The second kappa shape index (κ2) is 4.41. The minimum atomic E-state index is -0.272. The molecule has 58 valence electrons. The summed E-state index contributed by atoms with van der Waals surface area (Å²) < 4.78 is 4.88. The molecule has 1 rings (SSSR count). The van der Waals surface area contributed by atoms with Gasteiger partial charge in [0.1, 0.15) is 5.75 Å². The topological polar surface area (TPSA) is 29.5 Å². The summed E-state index contributed by atoms with van der Waals surface area (Å²) in [7, 11) is -0.272. The van der Waals surface area contributed by atoms with Crippen molar-refractivity contribution in [1.82, 2.24) is 0 Å². The standard InChI is InChI=1S/C7H8BBrO2/c9-5-6-2-1-3-7(4-6)11-8-10/h1-4,8,10H,5H2. The van der Waals surface area contributed by atoms with E-state index in [1.165, 1.54) is 0 Å². The van der Waals surface area contributed by atoms with Gasteiger partial charge < -0.3 is 9.68 Å². The molecule has 2 nitrogen and oxygen atoms in total. The molecular formula is C7H8BBrO2. The van der Waals surface area contributed by atoms with Crippen LogP contribution in [0.3, 0.4) is 0 Å². The largest absolute Gasteiger partial charge is 0.539 e. The lowest BCUT2D eigenvalue weighted by atomic mass is 10.2. The highest BCUT2D eigenvalue weighted by Gasteiger charge is 1.94. The van der Waals surface area contributed by atoms with Crippen LogP contribution in [0.5, 0.6) is 5.75 Å². The molecule has 0 heterocycles. The molecular weight excluding hydrogens is 207 g/mol. The molecule has 1 aromatic carbocycles. The fourth-order valence-corrected chi connectivity index (χ4v) is 1.14. The summed E-state index contributed by atoms with van der Waals surface area (Å²) in [5, 5.41) is 9.25. The van der Waals surface area contributed by atoms with Gasteiger partial charge in [-0.3, -0.25) is 0 Å². The fraction of sp³-hybridized carbons (Fsp3) is 0.143. The van der Waals surface area contributed by atoms with E-state index in [2.05, 4.69) is 15.9 Å². The van der Waals surface area contributed by atoms with E-state index in [4.69, 9.17) is 9.68 Å². The molecule has 4 heteroatoms. The Morgan fingerprint density at radius 2 is 2.36 bits per heavy atom. The third-order valence-corrected chi connectivity index (χ3v) is 1.93. The fourth-order valence-electron chi connectivity index (χ4n) is 0.793. The van der Waals surface area contributed by atoms with Crippen LogP contribution >= 0.6 is 15.9 Å². The van der Waals surface area contributed by atoms with E-state index in [1.54, 1.807) is 0 Å². The normalized spacial score (nSPS) is 9.27. The van der Waals surface area contributed by atoms with Gasteiger partial charge in [0.15, 0.2) is 0 Å². The van der Waals surface area contributed by atoms with Gasteiger partial charge in [0.05, 0.1) is 0 Å². The minimum Gasteiger partial charge on any atom is -0.539 e. The van der Waals surface area contributed by atoms with Gasteiger partial charge in [-0.2, -0.15) is 0 Å². The van der Waals surface area contributed by atoms with E-state index >= 15 is 0 Å². The summed E-state index contributed by atoms with van der Waals surface area (Å²) in [6, 6.07) is 7.56. The number of hydrogen-bond acceptors (Lipinski definition) is 2. The maximum atomic E-state index is 8.45. The molecule has 11 heavy (non-hydrogen) atoms. The predicted octanol–water partition coefficient (Wildman–Crippen LogP) is 1.22. The van der Waals surface area contributed by atoms with Gasteiger partial charge in [0.25, 0.3) is 0 Å². The van der Waals surface area contributed by atoms with Crippen molar-refractivity contribution in [1.29, 1.82) is 0 Å². The first-order valence-corrected chi connectivity index (χ1v) is 4.37. The SMILES string of the molecule is OBOc1cccc(CBr)c1. The third-order valence-electron chi connectivity index (χ3n) is 1.28. The Bertz CT molecular complexity index is 229. The van der Waals surface area contributed by atoms with E-state index in [-0.39, 0.29) is 7.69 Å². The molecule has 0 radical (unpaired) electrons. The zero-order valence-electron chi connectivity index (χ0n) is 5.96. The summed E-state index contributed by atoms with van der Waals surface area (Å²) in [6.07, 6.45) is 0. The average molecular weight is 215 g/mol. The Morgan fingerprint density at radius 1 is 1.55 bits per heavy atom. The quantitative estimate of drug-likeness (QED) is 0.606. The Kier molecular flexibility index (Phi) is 3.46. The van der Waals surface area contributed by atoms with Crippen molar-refractivity contribution in [2.45, 2.75) is 5.33 Å². The van der Waals surface area contributed by atoms with Gasteiger partial charge in [0, 0.05) is 5.33 Å². The number of rotatable bonds is 3. The molecule has 0 saturated carbocycles. The predicted molar refractivity (Wildman–Crippen MR) is 49.1 cm³/mol. The summed E-state index contributed by atoms with van der Waals surface area (Å²) in [5.74, 6) is 0.699. The van der Waals surface area contributed by atoms with Gasteiger partial charge >= 0.3 is 7.69 Å². The van der Waals surface area contributed by atoms with Crippen molar-refractivity contribution < 1.29 is 9.68 Å². The maximum absolute atomic E-state index is 8.45. The number of halogens is 1. The Hall–Kier alpha value is -0.475. The van der Waals surface area contributed by atoms with Crippen LogP contribution in [0.15, 0.2) is 24.3 Å². The molecule has 0 atom stereocenters. The van der Waals surface area contributed by atoms with Crippen molar-refractivity contribution >= 4 is 23.6 Å². The van der Waals surface area contributed by atoms with Crippen molar-refractivity contribution in [2.75, 3.05) is 0 Å². The van der Waals surface area contributed by atoms with Crippen LogP contribution in [-0.4, -0.2) is 12.7 Å². The molecule has 0 aliphatic heterocycles. The summed E-state index contributed by atoms with van der Waals surface area (Å²) >= 11 is 3.32. The zero-order valence-corrected chi connectivity index (χ0v) is 7.54. The highest BCUT2D eigenvalue weighted by molar-refractivity contribution is 9.08. The minimum absolute atomic E-state index is 0.272. The molecule has 0 fully saturated rings. The first-order valence-electron chi connectivity index (χ1n) is 3.25. The molecule has 1 aromatic rings. The van der Waals surface area contributed by atoms with E-state index in [1.807, 2.05) is 24.3 Å². The van der Waals surface area contributed by atoms with Crippen molar-refractivity contribution in [3.05, 3.63) is 29.8 Å². The van der Waals surface area contributed by atoms with Gasteiger partial charge in [-0.1, -0.05) is 28.1 Å².